The van der Waals surface area contributed by atoms with Crippen molar-refractivity contribution in [1.29, 1.82) is 0 Å². The number of halogens is 1. The standard InChI is InChI=1S/C15H17ClN2O/c1-4-5-14-17-13(16)9-15(18-14)19-12-8-10(2)6-7-11(12)3/h6-9H,4-5H2,1-3H3. The zero-order valence-corrected chi connectivity index (χ0v) is 12.2. The van der Waals surface area contributed by atoms with Crippen LogP contribution in [0.25, 0.3) is 0 Å². The van der Waals surface area contributed by atoms with Crippen molar-refractivity contribution in [2.24, 2.45) is 0 Å². The Morgan fingerprint density at radius 2 is 1.95 bits per heavy atom. The summed E-state index contributed by atoms with van der Waals surface area (Å²) in [5.41, 5.74) is 2.21. The summed E-state index contributed by atoms with van der Waals surface area (Å²) in [6.45, 7) is 6.11. The molecule has 0 atom stereocenters. The van der Waals surface area contributed by atoms with E-state index in [1.165, 1.54) is 0 Å². The molecule has 0 amide bonds. The Bertz CT molecular complexity index is 584. The maximum Gasteiger partial charge on any atom is 0.224 e. The number of aromatic nitrogens is 2. The van der Waals surface area contributed by atoms with E-state index in [-0.39, 0.29) is 0 Å². The van der Waals surface area contributed by atoms with Gasteiger partial charge in [0.2, 0.25) is 5.88 Å². The molecule has 0 unspecified atom stereocenters. The second-order valence-electron chi connectivity index (χ2n) is 4.57. The predicted octanol–water partition coefficient (Wildman–Crippen LogP) is 4.49. The van der Waals surface area contributed by atoms with Crippen LogP contribution in [-0.4, -0.2) is 9.97 Å². The third-order valence-electron chi connectivity index (χ3n) is 2.75. The van der Waals surface area contributed by atoms with Gasteiger partial charge in [0.25, 0.3) is 0 Å². The van der Waals surface area contributed by atoms with Gasteiger partial charge in [0, 0.05) is 12.5 Å². The topological polar surface area (TPSA) is 35.0 Å². The molecule has 4 heteroatoms. The first kappa shape index (κ1) is 13.8. The molecule has 0 aliphatic rings. The average Bonchev–Trinajstić information content (AvgIpc) is 2.33. The van der Waals surface area contributed by atoms with Gasteiger partial charge in [-0.05, 0) is 37.5 Å². The van der Waals surface area contributed by atoms with Crippen molar-refractivity contribution < 1.29 is 4.74 Å². The SMILES string of the molecule is CCCc1nc(Cl)cc(Oc2cc(C)ccc2C)n1. The smallest absolute Gasteiger partial charge is 0.224 e. The third-order valence-corrected chi connectivity index (χ3v) is 2.94. The fourth-order valence-electron chi connectivity index (χ4n) is 1.76. The van der Waals surface area contributed by atoms with Gasteiger partial charge in [-0.15, -0.1) is 0 Å². The van der Waals surface area contributed by atoms with Crippen molar-refractivity contribution in [1.82, 2.24) is 9.97 Å². The Morgan fingerprint density at radius 1 is 1.16 bits per heavy atom. The molecule has 0 fully saturated rings. The lowest BCUT2D eigenvalue weighted by Crippen LogP contribution is -1.98. The molecular formula is C15H17ClN2O. The van der Waals surface area contributed by atoms with Crippen molar-refractivity contribution in [2.45, 2.75) is 33.6 Å². The largest absolute Gasteiger partial charge is 0.439 e. The minimum atomic E-state index is 0.416. The van der Waals surface area contributed by atoms with Crippen LogP contribution in [0.4, 0.5) is 0 Å². The Labute approximate surface area is 118 Å². The summed E-state index contributed by atoms with van der Waals surface area (Å²) in [6.07, 6.45) is 1.77. The fourth-order valence-corrected chi connectivity index (χ4v) is 1.95. The van der Waals surface area contributed by atoms with Crippen LogP contribution < -0.4 is 4.74 Å². The summed E-state index contributed by atoms with van der Waals surface area (Å²) in [5.74, 6) is 2.02. The molecule has 0 radical (unpaired) electrons. The number of hydrogen-bond acceptors (Lipinski definition) is 3. The van der Waals surface area contributed by atoms with E-state index in [0.717, 1.165) is 35.5 Å². The normalized spacial score (nSPS) is 10.5. The van der Waals surface area contributed by atoms with Gasteiger partial charge >= 0.3 is 0 Å². The van der Waals surface area contributed by atoms with E-state index in [1.807, 2.05) is 26.0 Å². The highest BCUT2D eigenvalue weighted by Crippen LogP contribution is 2.26. The molecule has 0 bridgehead atoms. The van der Waals surface area contributed by atoms with Crippen LogP contribution in [0.15, 0.2) is 24.3 Å². The molecule has 1 aromatic carbocycles. The lowest BCUT2D eigenvalue weighted by atomic mass is 10.1. The van der Waals surface area contributed by atoms with E-state index in [1.54, 1.807) is 6.07 Å². The van der Waals surface area contributed by atoms with Crippen LogP contribution >= 0.6 is 11.6 Å². The number of hydrogen-bond donors (Lipinski definition) is 0. The van der Waals surface area contributed by atoms with E-state index >= 15 is 0 Å². The zero-order valence-electron chi connectivity index (χ0n) is 11.4. The first-order chi connectivity index (χ1) is 9.08. The Morgan fingerprint density at radius 3 is 2.68 bits per heavy atom. The van der Waals surface area contributed by atoms with Crippen molar-refractivity contribution >= 4 is 11.6 Å². The van der Waals surface area contributed by atoms with Gasteiger partial charge in [0.1, 0.15) is 16.7 Å². The molecule has 0 saturated carbocycles. The molecular weight excluding hydrogens is 260 g/mol. The number of aryl methyl sites for hydroxylation is 3. The van der Waals surface area contributed by atoms with Crippen LogP contribution in [0.2, 0.25) is 5.15 Å². The molecule has 0 N–H and O–H groups in total. The minimum Gasteiger partial charge on any atom is -0.439 e. The summed E-state index contributed by atoms with van der Waals surface area (Å²) in [5, 5.41) is 0.416. The van der Waals surface area contributed by atoms with Crippen molar-refractivity contribution in [3.8, 4) is 11.6 Å². The Hall–Kier alpha value is -1.61. The van der Waals surface area contributed by atoms with Crippen molar-refractivity contribution in [2.75, 3.05) is 0 Å². The number of ether oxygens (including phenoxy) is 1. The maximum atomic E-state index is 5.99. The van der Waals surface area contributed by atoms with E-state index in [9.17, 15) is 0 Å². The Kier molecular flexibility index (Phi) is 4.38. The summed E-state index contributed by atoms with van der Waals surface area (Å²) in [6, 6.07) is 7.71. The number of benzene rings is 1. The predicted molar refractivity (Wildman–Crippen MR) is 77.0 cm³/mol. The van der Waals surface area contributed by atoms with Gasteiger partial charge in [0.15, 0.2) is 0 Å². The van der Waals surface area contributed by atoms with Crippen LogP contribution in [0, 0.1) is 13.8 Å². The van der Waals surface area contributed by atoms with Gasteiger partial charge in [-0.3, -0.25) is 0 Å². The first-order valence-electron chi connectivity index (χ1n) is 6.37. The number of nitrogens with zero attached hydrogens (tertiary/aromatic N) is 2. The van der Waals surface area contributed by atoms with Crippen molar-refractivity contribution in [3.05, 3.63) is 46.4 Å². The third kappa shape index (κ3) is 3.67. The van der Waals surface area contributed by atoms with E-state index < -0.39 is 0 Å². The molecule has 0 spiro atoms. The van der Waals surface area contributed by atoms with E-state index in [4.69, 9.17) is 16.3 Å². The summed E-state index contributed by atoms with van der Waals surface area (Å²) in [7, 11) is 0. The lowest BCUT2D eigenvalue weighted by Gasteiger charge is -2.09. The van der Waals surface area contributed by atoms with Gasteiger partial charge < -0.3 is 4.74 Å². The zero-order chi connectivity index (χ0) is 13.8. The molecule has 19 heavy (non-hydrogen) atoms. The minimum absolute atomic E-state index is 0.416. The first-order valence-corrected chi connectivity index (χ1v) is 6.75. The molecule has 2 aromatic rings. The number of rotatable bonds is 4. The summed E-state index contributed by atoms with van der Waals surface area (Å²) in [4.78, 5) is 8.55. The fraction of sp³-hybridized carbons (Fsp3) is 0.333. The molecule has 1 heterocycles. The molecule has 1 aromatic heterocycles. The molecule has 0 aliphatic heterocycles. The quantitative estimate of drug-likeness (QED) is 0.772. The second kappa shape index (κ2) is 6.02. The van der Waals surface area contributed by atoms with Gasteiger partial charge in [0.05, 0.1) is 0 Å². The van der Waals surface area contributed by atoms with Crippen LogP contribution in [0.1, 0.15) is 30.3 Å². The Balaban J connectivity index is 2.29. The maximum absolute atomic E-state index is 5.99. The van der Waals surface area contributed by atoms with Crippen LogP contribution in [0.5, 0.6) is 11.6 Å². The summed E-state index contributed by atoms with van der Waals surface area (Å²) >= 11 is 5.99. The highest BCUT2D eigenvalue weighted by molar-refractivity contribution is 6.29. The lowest BCUT2D eigenvalue weighted by molar-refractivity contribution is 0.454. The molecule has 2 rings (SSSR count). The molecule has 0 saturated heterocycles. The van der Waals surface area contributed by atoms with Crippen LogP contribution in [0.3, 0.4) is 0 Å². The highest BCUT2D eigenvalue weighted by Gasteiger charge is 2.07. The monoisotopic (exact) mass is 276 g/mol. The van der Waals surface area contributed by atoms with Gasteiger partial charge in [-0.25, -0.2) is 4.98 Å². The molecule has 3 nitrogen and oxygen atoms in total. The average molecular weight is 277 g/mol. The summed E-state index contributed by atoms with van der Waals surface area (Å²) < 4.78 is 5.82. The highest BCUT2D eigenvalue weighted by atomic mass is 35.5. The van der Waals surface area contributed by atoms with E-state index in [0.29, 0.717) is 11.0 Å². The molecule has 0 aliphatic carbocycles. The van der Waals surface area contributed by atoms with Crippen molar-refractivity contribution in [3.63, 3.8) is 0 Å². The van der Waals surface area contributed by atoms with Gasteiger partial charge in [-0.1, -0.05) is 30.7 Å². The second-order valence-corrected chi connectivity index (χ2v) is 4.95. The molecule has 100 valence electrons. The van der Waals surface area contributed by atoms with Gasteiger partial charge in [-0.2, -0.15) is 4.98 Å². The van der Waals surface area contributed by atoms with E-state index in [2.05, 4.69) is 23.0 Å². The van der Waals surface area contributed by atoms with Crippen LogP contribution in [-0.2, 0) is 6.42 Å².